The van der Waals surface area contributed by atoms with Crippen molar-refractivity contribution in [2.24, 2.45) is 0 Å². The van der Waals surface area contributed by atoms with Gasteiger partial charge in [-0.1, -0.05) is 30.3 Å². The molecule has 0 bridgehead atoms. The monoisotopic (exact) mass is 309 g/mol. The molecule has 2 aromatic rings. The zero-order valence-electron chi connectivity index (χ0n) is 13.8. The van der Waals surface area contributed by atoms with Gasteiger partial charge in [-0.2, -0.15) is 0 Å². The summed E-state index contributed by atoms with van der Waals surface area (Å²) < 4.78 is 0. The molecule has 23 heavy (non-hydrogen) atoms. The number of rotatable bonds is 4. The molecule has 1 amide bonds. The van der Waals surface area contributed by atoms with Crippen molar-refractivity contribution in [3.63, 3.8) is 0 Å². The summed E-state index contributed by atoms with van der Waals surface area (Å²) in [5.74, 6) is 0.193. The van der Waals surface area contributed by atoms with Gasteiger partial charge in [0.05, 0.1) is 6.04 Å². The highest BCUT2D eigenvalue weighted by molar-refractivity contribution is 5.82. The van der Waals surface area contributed by atoms with E-state index in [2.05, 4.69) is 34.1 Å². The molecule has 0 aliphatic carbocycles. The van der Waals surface area contributed by atoms with Crippen LogP contribution in [0.1, 0.15) is 16.8 Å². The van der Waals surface area contributed by atoms with E-state index in [0.717, 1.165) is 25.1 Å². The largest absolute Gasteiger partial charge is 0.344 e. The number of carbonyl (C=O) groups excluding carboxylic acids is 1. The fourth-order valence-corrected chi connectivity index (χ4v) is 3.12. The predicted octanol–water partition coefficient (Wildman–Crippen LogP) is 2.14. The third-order valence-corrected chi connectivity index (χ3v) is 4.57. The van der Waals surface area contributed by atoms with Crippen molar-refractivity contribution >= 4 is 5.91 Å². The van der Waals surface area contributed by atoms with Crippen molar-refractivity contribution in [1.29, 1.82) is 0 Å². The zero-order valence-corrected chi connectivity index (χ0v) is 13.8. The van der Waals surface area contributed by atoms with Crippen LogP contribution in [0.15, 0.2) is 48.7 Å². The van der Waals surface area contributed by atoms with Crippen LogP contribution in [0.5, 0.6) is 0 Å². The molecule has 1 aromatic carbocycles. The number of hydrogen-bond donors (Lipinski definition) is 0. The van der Waals surface area contributed by atoms with E-state index in [4.69, 9.17) is 0 Å². The number of pyridine rings is 1. The van der Waals surface area contributed by atoms with Crippen molar-refractivity contribution in [3.05, 3.63) is 65.5 Å². The van der Waals surface area contributed by atoms with E-state index in [1.54, 1.807) is 6.20 Å². The predicted molar refractivity (Wildman–Crippen MR) is 91.0 cm³/mol. The van der Waals surface area contributed by atoms with Crippen LogP contribution in [0.25, 0.3) is 0 Å². The van der Waals surface area contributed by atoms with E-state index in [9.17, 15) is 4.79 Å². The van der Waals surface area contributed by atoms with Gasteiger partial charge in [-0.25, -0.2) is 0 Å². The van der Waals surface area contributed by atoms with Gasteiger partial charge < -0.3 is 4.90 Å². The second-order valence-electron chi connectivity index (χ2n) is 6.23. The van der Waals surface area contributed by atoms with E-state index >= 15 is 0 Å². The second kappa shape index (κ2) is 6.92. The lowest BCUT2D eigenvalue weighted by Crippen LogP contribution is -2.49. The van der Waals surface area contributed by atoms with Crippen LogP contribution in [-0.2, 0) is 24.2 Å². The van der Waals surface area contributed by atoms with Gasteiger partial charge in [0.25, 0.3) is 0 Å². The Balaban J connectivity index is 1.63. The van der Waals surface area contributed by atoms with Crippen molar-refractivity contribution in [2.45, 2.75) is 25.4 Å². The van der Waals surface area contributed by atoms with Crippen LogP contribution in [0.3, 0.4) is 0 Å². The third kappa shape index (κ3) is 3.59. The number of likely N-dealkylation sites (N-methyl/N-ethyl adjacent to an activating group) is 2. The number of carbonyl (C=O) groups is 1. The fraction of sp³-hybridized carbons (Fsp3) is 0.368. The molecule has 0 unspecified atom stereocenters. The van der Waals surface area contributed by atoms with Crippen molar-refractivity contribution in [3.8, 4) is 0 Å². The van der Waals surface area contributed by atoms with Crippen LogP contribution in [0, 0.1) is 0 Å². The lowest BCUT2D eigenvalue weighted by molar-refractivity contribution is -0.135. The maximum Gasteiger partial charge on any atom is 0.240 e. The molecule has 3 rings (SSSR count). The summed E-state index contributed by atoms with van der Waals surface area (Å²) in [5.41, 5.74) is 3.65. The summed E-state index contributed by atoms with van der Waals surface area (Å²) in [4.78, 5) is 21.1. The molecule has 0 radical (unpaired) electrons. The normalized spacial score (nSPS) is 17.6. The summed E-state index contributed by atoms with van der Waals surface area (Å²) in [7, 11) is 3.92. The molecule has 1 aliphatic rings. The maximum absolute atomic E-state index is 12.8. The fourth-order valence-electron chi connectivity index (χ4n) is 3.12. The maximum atomic E-state index is 12.8. The molecular weight excluding hydrogens is 286 g/mol. The number of fused-ring (bicyclic) bond motifs is 1. The Labute approximate surface area is 137 Å². The van der Waals surface area contributed by atoms with Gasteiger partial charge in [-0.05, 0) is 36.7 Å². The van der Waals surface area contributed by atoms with E-state index in [0.29, 0.717) is 6.54 Å². The SMILES string of the molecule is CN(CCc1ccccn1)C(=O)[C@H]1Cc2ccccc2CN1C. The van der Waals surface area contributed by atoms with E-state index < -0.39 is 0 Å². The van der Waals surface area contributed by atoms with Gasteiger partial charge in [-0.15, -0.1) is 0 Å². The Morgan fingerprint density at radius 3 is 2.70 bits per heavy atom. The first-order chi connectivity index (χ1) is 11.1. The number of amides is 1. The van der Waals surface area contributed by atoms with Crippen molar-refractivity contribution in [2.75, 3.05) is 20.6 Å². The van der Waals surface area contributed by atoms with Gasteiger partial charge in [0.1, 0.15) is 0 Å². The van der Waals surface area contributed by atoms with Gasteiger partial charge in [0.2, 0.25) is 5.91 Å². The molecule has 1 aromatic heterocycles. The minimum atomic E-state index is -0.0707. The molecule has 0 saturated heterocycles. The molecule has 2 heterocycles. The van der Waals surface area contributed by atoms with Gasteiger partial charge in [0.15, 0.2) is 0 Å². The average Bonchev–Trinajstić information content (AvgIpc) is 2.59. The minimum absolute atomic E-state index is 0.0707. The molecule has 120 valence electrons. The summed E-state index contributed by atoms with van der Waals surface area (Å²) in [6.45, 7) is 1.53. The Morgan fingerprint density at radius 2 is 1.96 bits per heavy atom. The van der Waals surface area contributed by atoms with Crippen LogP contribution >= 0.6 is 0 Å². The highest BCUT2D eigenvalue weighted by Gasteiger charge is 2.30. The molecule has 4 nitrogen and oxygen atoms in total. The van der Waals surface area contributed by atoms with E-state index in [-0.39, 0.29) is 11.9 Å². The zero-order chi connectivity index (χ0) is 16.2. The summed E-state index contributed by atoms with van der Waals surface area (Å²) in [5, 5.41) is 0. The lowest BCUT2D eigenvalue weighted by atomic mass is 9.94. The molecule has 1 atom stereocenters. The highest BCUT2D eigenvalue weighted by Crippen LogP contribution is 2.22. The molecule has 0 N–H and O–H groups in total. The summed E-state index contributed by atoms with van der Waals surface area (Å²) in [6.07, 6.45) is 3.37. The second-order valence-corrected chi connectivity index (χ2v) is 6.23. The lowest BCUT2D eigenvalue weighted by Gasteiger charge is -2.35. The van der Waals surface area contributed by atoms with Gasteiger partial charge in [-0.3, -0.25) is 14.7 Å². The smallest absolute Gasteiger partial charge is 0.240 e. The average molecular weight is 309 g/mol. The topological polar surface area (TPSA) is 36.4 Å². The van der Waals surface area contributed by atoms with Gasteiger partial charge in [0, 0.05) is 38.4 Å². The number of aromatic nitrogens is 1. The van der Waals surface area contributed by atoms with E-state index in [1.807, 2.05) is 37.2 Å². The number of benzene rings is 1. The number of nitrogens with zero attached hydrogens (tertiary/aromatic N) is 3. The third-order valence-electron chi connectivity index (χ3n) is 4.57. The first-order valence-corrected chi connectivity index (χ1v) is 8.07. The Bertz CT molecular complexity index is 671. The van der Waals surface area contributed by atoms with Gasteiger partial charge >= 0.3 is 0 Å². The van der Waals surface area contributed by atoms with Crippen LogP contribution in [0.2, 0.25) is 0 Å². The molecule has 1 aliphatic heterocycles. The van der Waals surface area contributed by atoms with Crippen LogP contribution < -0.4 is 0 Å². The highest BCUT2D eigenvalue weighted by atomic mass is 16.2. The van der Waals surface area contributed by atoms with Crippen molar-refractivity contribution < 1.29 is 4.79 Å². The molecular formula is C19H23N3O. The Morgan fingerprint density at radius 1 is 1.22 bits per heavy atom. The molecule has 0 fully saturated rings. The molecule has 0 spiro atoms. The summed E-state index contributed by atoms with van der Waals surface area (Å²) in [6, 6.07) is 14.2. The quantitative estimate of drug-likeness (QED) is 0.868. The standard InChI is InChI=1S/C19H23N3O/c1-21(12-10-17-9-5-6-11-20-17)19(23)18-13-15-7-3-4-8-16(15)14-22(18)2/h3-9,11,18H,10,12-14H2,1-2H3/t18-/m1/s1. The first-order valence-electron chi connectivity index (χ1n) is 8.07. The van der Waals surface area contributed by atoms with Crippen LogP contribution in [0.4, 0.5) is 0 Å². The summed E-state index contributed by atoms with van der Waals surface area (Å²) >= 11 is 0. The molecule has 4 heteroatoms. The van der Waals surface area contributed by atoms with E-state index in [1.165, 1.54) is 11.1 Å². The Hall–Kier alpha value is -2.20. The molecule has 0 saturated carbocycles. The van der Waals surface area contributed by atoms with Crippen LogP contribution in [-0.4, -0.2) is 47.4 Å². The number of hydrogen-bond acceptors (Lipinski definition) is 3. The Kier molecular flexibility index (Phi) is 4.72. The van der Waals surface area contributed by atoms with Crippen molar-refractivity contribution in [1.82, 2.24) is 14.8 Å². The minimum Gasteiger partial charge on any atom is -0.344 e. The first kappa shape index (κ1) is 15.7.